The molecular formula is C23H25NO3S. The minimum atomic E-state index is -0.484. The molecule has 0 saturated carbocycles. The second kappa shape index (κ2) is 7.76. The van der Waals surface area contributed by atoms with Gasteiger partial charge in [0.05, 0.1) is 11.1 Å². The smallest absolute Gasteiger partial charge is 0.268 e. The quantitative estimate of drug-likeness (QED) is 0.682. The van der Waals surface area contributed by atoms with Crippen molar-refractivity contribution < 1.29 is 9.53 Å². The molecule has 2 aromatic carbocycles. The van der Waals surface area contributed by atoms with Gasteiger partial charge in [-0.1, -0.05) is 51.1 Å². The Bertz CT molecular complexity index is 1210. The third-order valence-electron chi connectivity index (χ3n) is 4.56. The van der Waals surface area contributed by atoms with E-state index in [-0.39, 0.29) is 11.3 Å². The summed E-state index contributed by atoms with van der Waals surface area (Å²) in [5.74, 6) is 0.740. The lowest BCUT2D eigenvalue weighted by Gasteiger charge is -2.12. The molecule has 1 aromatic heterocycles. The van der Waals surface area contributed by atoms with Crippen molar-refractivity contribution in [2.45, 2.75) is 27.7 Å². The first-order valence-electron chi connectivity index (χ1n) is 9.30. The third kappa shape index (κ3) is 3.94. The standard InChI is InChI=1S/C23H25NO3S/c1-6-27-18-12-11-15-9-7-8-10-16(15)17(18)13-19-22(26)24(5)21(28-19)14-20(25)23(2,3)4/h7-14H,6H2,1-5H3/b19-13-,21-14-. The van der Waals surface area contributed by atoms with E-state index in [9.17, 15) is 9.59 Å². The average molecular weight is 396 g/mol. The fraction of sp³-hybridized carbons (Fsp3) is 0.304. The van der Waals surface area contributed by atoms with Gasteiger partial charge in [0.1, 0.15) is 10.4 Å². The van der Waals surface area contributed by atoms with Crippen LogP contribution in [0.1, 0.15) is 33.3 Å². The lowest BCUT2D eigenvalue weighted by Crippen LogP contribution is -2.30. The average Bonchev–Trinajstić information content (AvgIpc) is 2.91. The van der Waals surface area contributed by atoms with Crippen molar-refractivity contribution in [3.8, 4) is 5.75 Å². The highest BCUT2D eigenvalue weighted by molar-refractivity contribution is 7.07. The van der Waals surface area contributed by atoms with E-state index in [1.54, 1.807) is 13.1 Å². The van der Waals surface area contributed by atoms with Gasteiger partial charge in [-0.3, -0.25) is 9.59 Å². The lowest BCUT2D eigenvalue weighted by molar-refractivity contribution is -0.120. The van der Waals surface area contributed by atoms with Gasteiger partial charge in [0, 0.05) is 24.1 Å². The molecule has 5 heteroatoms. The number of thiazole rings is 1. The van der Waals surface area contributed by atoms with Gasteiger partial charge in [-0.05, 0) is 29.8 Å². The molecule has 3 aromatic rings. The molecule has 0 aliphatic rings. The van der Waals surface area contributed by atoms with E-state index < -0.39 is 5.41 Å². The maximum atomic E-state index is 12.8. The summed E-state index contributed by atoms with van der Waals surface area (Å²) < 4.78 is 8.56. The van der Waals surface area contributed by atoms with Gasteiger partial charge in [-0.2, -0.15) is 0 Å². The fourth-order valence-corrected chi connectivity index (χ4v) is 3.89. The van der Waals surface area contributed by atoms with Crippen LogP contribution in [0.4, 0.5) is 0 Å². The van der Waals surface area contributed by atoms with Gasteiger partial charge >= 0.3 is 0 Å². The maximum absolute atomic E-state index is 12.8. The van der Waals surface area contributed by atoms with Gasteiger partial charge in [-0.15, -0.1) is 11.3 Å². The van der Waals surface area contributed by atoms with Gasteiger partial charge in [0.2, 0.25) is 0 Å². The number of nitrogens with zero attached hydrogens (tertiary/aromatic N) is 1. The van der Waals surface area contributed by atoms with E-state index in [0.29, 0.717) is 15.8 Å². The highest BCUT2D eigenvalue weighted by Crippen LogP contribution is 2.28. The molecule has 4 nitrogen and oxygen atoms in total. The monoisotopic (exact) mass is 395 g/mol. The highest BCUT2D eigenvalue weighted by atomic mass is 32.1. The summed E-state index contributed by atoms with van der Waals surface area (Å²) in [5, 5.41) is 2.11. The van der Waals surface area contributed by atoms with E-state index in [1.807, 2.05) is 70.2 Å². The molecule has 0 fully saturated rings. The maximum Gasteiger partial charge on any atom is 0.268 e. The molecule has 0 saturated heterocycles. The van der Waals surface area contributed by atoms with Crippen LogP contribution in [-0.4, -0.2) is 17.0 Å². The van der Waals surface area contributed by atoms with Crippen molar-refractivity contribution in [3.63, 3.8) is 0 Å². The molecule has 146 valence electrons. The molecule has 0 N–H and O–H groups in total. The molecule has 0 bridgehead atoms. The van der Waals surface area contributed by atoms with Crippen LogP contribution in [0.2, 0.25) is 0 Å². The first-order chi connectivity index (χ1) is 13.2. The largest absolute Gasteiger partial charge is 0.493 e. The molecule has 0 unspecified atom stereocenters. The predicted molar refractivity (Wildman–Crippen MR) is 116 cm³/mol. The highest BCUT2D eigenvalue weighted by Gasteiger charge is 2.19. The topological polar surface area (TPSA) is 48.3 Å². The number of hydrogen-bond donors (Lipinski definition) is 0. The van der Waals surface area contributed by atoms with E-state index in [0.717, 1.165) is 22.1 Å². The minimum absolute atomic E-state index is 0.00364. The summed E-state index contributed by atoms with van der Waals surface area (Å²) in [6, 6.07) is 12.0. The van der Waals surface area contributed by atoms with Crippen LogP contribution < -0.4 is 19.5 Å². The number of benzene rings is 2. The van der Waals surface area contributed by atoms with Crippen molar-refractivity contribution in [3.05, 3.63) is 61.5 Å². The molecule has 0 amide bonds. The molecule has 3 rings (SSSR count). The Hall–Kier alpha value is -2.66. The molecule has 0 radical (unpaired) electrons. The number of hydrogen-bond acceptors (Lipinski definition) is 4. The number of carbonyl (C=O) groups excluding carboxylic acids is 1. The first-order valence-corrected chi connectivity index (χ1v) is 10.1. The zero-order valence-corrected chi connectivity index (χ0v) is 17.7. The number of rotatable bonds is 4. The van der Waals surface area contributed by atoms with Crippen molar-refractivity contribution in [1.82, 2.24) is 4.57 Å². The Kier molecular flexibility index (Phi) is 5.57. The molecule has 1 heterocycles. The van der Waals surface area contributed by atoms with Crippen molar-refractivity contribution >= 4 is 40.0 Å². The predicted octanol–water partition coefficient (Wildman–Crippen LogP) is 3.22. The van der Waals surface area contributed by atoms with Gasteiger partial charge < -0.3 is 9.30 Å². The van der Waals surface area contributed by atoms with Gasteiger partial charge in [0.25, 0.3) is 5.56 Å². The summed E-state index contributed by atoms with van der Waals surface area (Å²) in [7, 11) is 1.70. The van der Waals surface area contributed by atoms with Crippen LogP contribution in [0, 0.1) is 5.41 Å². The fourth-order valence-electron chi connectivity index (χ4n) is 2.87. The number of fused-ring (bicyclic) bond motifs is 1. The molecule has 28 heavy (non-hydrogen) atoms. The van der Waals surface area contributed by atoms with Crippen molar-refractivity contribution in [2.24, 2.45) is 12.5 Å². The second-order valence-corrected chi connectivity index (χ2v) is 8.77. The summed E-state index contributed by atoms with van der Waals surface area (Å²) in [4.78, 5) is 25.2. The van der Waals surface area contributed by atoms with Crippen LogP contribution in [0.3, 0.4) is 0 Å². The summed E-state index contributed by atoms with van der Waals surface area (Å²) in [5.41, 5.74) is 0.280. The van der Waals surface area contributed by atoms with Crippen LogP contribution >= 0.6 is 11.3 Å². The second-order valence-electron chi connectivity index (χ2n) is 7.70. The minimum Gasteiger partial charge on any atom is -0.493 e. The normalized spacial score (nSPS) is 13.3. The summed E-state index contributed by atoms with van der Waals surface area (Å²) in [6.45, 7) is 8.09. The van der Waals surface area contributed by atoms with Crippen LogP contribution in [0.25, 0.3) is 22.9 Å². The molecular weight excluding hydrogens is 370 g/mol. The first kappa shape index (κ1) is 20.1. The molecule has 0 spiro atoms. The molecule has 0 aliphatic heterocycles. The zero-order chi connectivity index (χ0) is 20.5. The Morgan fingerprint density at radius 3 is 2.57 bits per heavy atom. The van der Waals surface area contributed by atoms with Gasteiger partial charge in [0.15, 0.2) is 5.78 Å². The zero-order valence-electron chi connectivity index (χ0n) is 16.9. The number of Topliss-reactive ketones (excluding diaryl/α,β-unsaturated/α-hetero) is 1. The van der Waals surface area contributed by atoms with E-state index >= 15 is 0 Å². The molecule has 0 aliphatic carbocycles. The summed E-state index contributed by atoms with van der Waals surface area (Å²) >= 11 is 1.32. The third-order valence-corrected chi connectivity index (χ3v) is 5.67. The Morgan fingerprint density at radius 2 is 1.89 bits per heavy atom. The van der Waals surface area contributed by atoms with E-state index in [4.69, 9.17) is 4.74 Å². The number of aromatic nitrogens is 1. The van der Waals surface area contributed by atoms with Gasteiger partial charge in [-0.25, -0.2) is 0 Å². The summed E-state index contributed by atoms with van der Waals surface area (Å²) in [6.07, 6.45) is 3.44. The number of ether oxygens (including phenoxy) is 1. The number of ketones is 1. The van der Waals surface area contributed by atoms with E-state index in [2.05, 4.69) is 0 Å². The van der Waals surface area contributed by atoms with Crippen LogP contribution in [0.15, 0.2) is 41.2 Å². The van der Waals surface area contributed by atoms with E-state index in [1.165, 1.54) is 15.9 Å². The van der Waals surface area contributed by atoms with Crippen LogP contribution in [0.5, 0.6) is 5.75 Å². The molecule has 0 atom stereocenters. The Morgan fingerprint density at radius 1 is 1.18 bits per heavy atom. The van der Waals surface area contributed by atoms with Crippen molar-refractivity contribution in [2.75, 3.05) is 6.61 Å². The number of carbonyl (C=O) groups is 1. The SMILES string of the molecule is CCOc1ccc2ccccc2c1/C=c1\s/c(=C\C(=O)C(C)(C)C)n(C)c1=O. The van der Waals surface area contributed by atoms with Crippen molar-refractivity contribution in [1.29, 1.82) is 0 Å². The van der Waals surface area contributed by atoms with Crippen LogP contribution in [-0.2, 0) is 11.8 Å². The Balaban J connectivity index is 2.27. The Labute approximate surface area is 168 Å². The lowest BCUT2D eigenvalue weighted by atomic mass is 9.91.